The summed E-state index contributed by atoms with van der Waals surface area (Å²) in [6.07, 6.45) is 7.02. The number of hydrogen-bond acceptors (Lipinski definition) is 2. The molecule has 0 bridgehead atoms. The van der Waals surface area contributed by atoms with Gasteiger partial charge in [0.2, 0.25) is 0 Å². The molecule has 3 rings (SSSR count). The van der Waals surface area contributed by atoms with Gasteiger partial charge in [0, 0.05) is 22.7 Å². The third-order valence-corrected chi connectivity index (χ3v) is 4.82. The summed E-state index contributed by atoms with van der Waals surface area (Å²) in [7, 11) is 0. The summed E-state index contributed by atoms with van der Waals surface area (Å²) in [5.41, 5.74) is 9.37. The standard InChI is InChI=1S/C14H17IN2/c15-17-10-12(16)14(8-9-14)13(6-7-13)11-4-2-1-3-5-11/h1-5,10,17H,6-9,16H2/b12-10-. The van der Waals surface area contributed by atoms with Crippen LogP contribution < -0.4 is 9.26 Å². The van der Waals surface area contributed by atoms with Gasteiger partial charge in [-0.3, -0.25) is 0 Å². The maximum absolute atomic E-state index is 6.28. The zero-order valence-electron chi connectivity index (χ0n) is 9.75. The van der Waals surface area contributed by atoms with Crippen LogP contribution >= 0.6 is 22.9 Å². The van der Waals surface area contributed by atoms with Crippen molar-refractivity contribution in [3.63, 3.8) is 0 Å². The Kier molecular flexibility index (Phi) is 2.61. The smallest absolute Gasteiger partial charge is 0.0555 e. The highest BCUT2D eigenvalue weighted by molar-refractivity contribution is 14.1. The molecule has 0 amide bonds. The fourth-order valence-corrected chi connectivity index (χ4v) is 3.63. The van der Waals surface area contributed by atoms with Crippen molar-refractivity contribution in [3.05, 3.63) is 47.8 Å². The summed E-state index contributed by atoms with van der Waals surface area (Å²) >= 11 is 2.13. The van der Waals surface area contributed by atoms with E-state index in [0.29, 0.717) is 5.41 Å². The first-order valence-corrected chi connectivity index (χ1v) is 7.21. The predicted octanol–water partition coefficient (Wildman–Crippen LogP) is 3.24. The van der Waals surface area contributed by atoms with Crippen LogP contribution in [0.1, 0.15) is 31.2 Å². The Bertz CT molecular complexity index is 445. The number of rotatable bonds is 4. The van der Waals surface area contributed by atoms with Gasteiger partial charge in [0.25, 0.3) is 0 Å². The average molecular weight is 340 g/mol. The van der Waals surface area contributed by atoms with Crippen molar-refractivity contribution in [2.24, 2.45) is 11.1 Å². The van der Waals surface area contributed by atoms with E-state index in [-0.39, 0.29) is 5.41 Å². The fourth-order valence-electron chi connectivity index (χ4n) is 3.29. The van der Waals surface area contributed by atoms with Crippen molar-refractivity contribution in [3.8, 4) is 0 Å². The van der Waals surface area contributed by atoms with Gasteiger partial charge in [0.05, 0.1) is 22.9 Å². The molecule has 17 heavy (non-hydrogen) atoms. The van der Waals surface area contributed by atoms with Crippen LogP contribution in [0.2, 0.25) is 0 Å². The first-order chi connectivity index (χ1) is 8.25. The molecular weight excluding hydrogens is 323 g/mol. The Balaban J connectivity index is 1.97. The minimum Gasteiger partial charge on any atom is -0.400 e. The Morgan fingerprint density at radius 2 is 1.82 bits per heavy atom. The van der Waals surface area contributed by atoms with E-state index in [9.17, 15) is 0 Å². The van der Waals surface area contributed by atoms with Gasteiger partial charge in [-0.1, -0.05) is 30.3 Å². The Morgan fingerprint density at radius 1 is 1.18 bits per heavy atom. The fraction of sp³-hybridized carbons (Fsp3) is 0.429. The molecule has 1 aromatic carbocycles. The molecule has 0 unspecified atom stereocenters. The highest BCUT2D eigenvalue weighted by Crippen LogP contribution is 2.72. The first-order valence-electron chi connectivity index (χ1n) is 6.13. The molecule has 2 aliphatic carbocycles. The number of nitrogens with two attached hydrogens (primary N) is 1. The van der Waals surface area contributed by atoms with Crippen molar-refractivity contribution in [1.82, 2.24) is 3.53 Å². The molecular formula is C14H17IN2. The molecule has 0 radical (unpaired) electrons. The summed E-state index contributed by atoms with van der Waals surface area (Å²) in [4.78, 5) is 0. The minimum atomic E-state index is 0.243. The highest BCUT2D eigenvalue weighted by atomic mass is 127. The maximum atomic E-state index is 6.28. The van der Waals surface area contributed by atoms with Gasteiger partial charge in [-0.25, -0.2) is 0 Å². The van der Waals surface area contributed by atoms with Crippen molar-refractivity contribution < 1.29 is 0 Å². The molecule has 90 valence electrons. The molecule has 0 atom stereocenters. The van der Waals surface area contributed by atoms with Gasteiger partial charge in [0.15, 0.2) is 0 Å². The normalized spacial score (nSPS) is 24.2. The van der Waals surface area contributed by atoms with E-state index in [2.05, 4.69) is 56.7 Å². The largest absolute Gasteiger partial charge is 0.400 e. The molecule has 2 nitrogen and oxygen atoms in total. The van der Waals surface area contributed by atoms with Crippen molar-refractivity contribution >= 4 is 22.9 Å². The summed E-state index contributed by atoms with van der Waals surface area (Å²) in [6, 6.07) is 10.9. The lowest BCUT2D eigenvalue weighted by Gasteiger charge is -2.28. The quantitative estimate of drug-likeness (QED) is 0.652. The monoisotopic (exact) mass is 340 g/mol. The SMILES string of the molecule is N/C(=C\NI)C1(C2(c3ccccc3)CC2)CC1. The molecule has 0 heterocycles. The third-order valence-electron chi connectivity index (χ3n) is 4.51. The lowest BCUT2D eigenvalue weighted by molar-refractivity contribution is 0.439. The van der Waals surface area contributed by atoms with Gasteiger partial charge in [-0.05, 0) is 31.2 Å². The lowest BCUT2D eigenvalue weighted by atomic mass is 9.78. The highest BCUT2D eigenvalue weighted by Gasteiger charge is 2.67. The number of halogens is 1. The van der Waals surface area contributed by atoms with E-state index >= 15 is 0 Å². The third kappa shape index (κ3) is 1.58. The van der Waals surface area contributed by atoms with Crippen LogP contribution in [-0.2, 0) is 5.41 Å². The van der Waals surface area contributed by atoms with E-state index in [1.54, 1.807) is 0 Å². The molecule has 0 aromatic heterocycles. The topological polar surface area (TPSA) is 38.0 Å². The van der Waals surface area contributed by atoms with Gasteiger partial charge < -0.3 is 9.26 Å². The zero-order chi connectivity index (χ0) is 11.9. The molecule has 0 spiro atoms. The maximum Gasteiger partial charge on any atom is 0.0555 e. The van der Waals surface area contributed by atoms with E-state index in [1.807, 2.05) is 6.20 Å². The van der Waals surface area contributed by atoms with E-state index in [1.165, 1.54) is 31.2 Å². The van der Waals surface area contributed by atoms with Crippen LogP contribution in [-0.4, -0.2) is 0 Å². The molecule has 0 saturated heterocycles. The summed E-state index contributed by atoms with van der Waals surface area (Å²) < 4.78 is 3.05. The van der Waals surface area contributed by atoms with Gasteiger partial charge in [-0.2, -0.15) is 0 Å². The molecule has 3 heteroatoms. The van der Waals surface area contributed by atoms with Crippen LogP contribution in [0.3, 0.4) is 0 Å². The predicted molar refractivity (Wildman–Crippen MR) is 78.4 cm³/mol. The second-order valence-corrected chi connectivity index (χ2v) is 5.86. The van der Waals surface area contributed by atoms with Crippen LogP contribution in [0, 0.1) is 5.41 Å². The zero-order valence-corrected chi connectivity index (χ0v) is 11.9. The number of hydrogen-bond donors (Lipinski definition) is 2. The Morgan fingerprint density at radius 3 is 2.29 bits per heavy atom. The number of nitrogens with one attached hydrogen (secondary N) is 1. The van der Waals surface area contributed by atoms with Gasteiger partial charge in [-0.15, -0.1) is 0 Å². The van der Waals surface area contributed by atoms with Crippen molar-refractivity contribution in [2.45, 2.75) is 31.1 Å². The molecule has 1 aromatic rings. The van der Waals surface area contributed by atoms with E-state index < -0.39 is 0 Å². The van der Waals surface area contributed by atoms with Crippen LogP contribution in [0.4, 0.5) is 0 Å². The Labute approximate surface area is 116 Å². The second kappa shape index (κ2) is 3.90. The summed E-state index contributed by atoms with van der Waals surface area (Å²) in [5, 5.41) is 0. The van der Waals surface area contributed by atoms with E-state index in [4.69, 9.17) is 5.73 Å². The van der Waals surface area contributed by atoms with E-state index in [0.717, 1.165) is 5.70 Å². The lowest BCUT2D eigenvalue weighted by Crippen LogP contribution is -2.28. The summed E-state index contributed by atoms with van der Waals surface area (Å²) in [6.45, 7) is 0. The number of allylic oxidation sites excluding steroid dienone is 1. The molecule has 2 saturated carbocycles. The number of benzene rings is 1. The van der Waals surface area contributed by atoms with Gasteiger partial charge in [0.1, 0.15) is 0 Å². The van der Waals surface area contributed by atoms with Crippen LogP contribution in [0.5, 0.6) is 0 Å². The Hall–Kier alpha value is -0.710. The minimum absolute atomic E-state index is 0.243. The molecule has 2 fully saturated rings. The summed E-state index contributed by atoms with van der Waals surface area (Å²) in [5.74, 6) is 0. The average Bonchev–Trinajstić information content (AvgIpc) is 3.23. The van der Waals surface area contributed by atoms with Crippen LogP contribution in [0.15, 0.2) is 42.2 Å². The molecule has 3 N–H and O–H groups in total. The molecule has 0 aliphatic heterocycles. The second-order valence-electron chi connectivity index (χ2n) is 5.24. The van der Waals surface area contributed by atoms with Crippen molar-refractivity contribution in [1.29, 1.82) is 0 Å². The van der Waals surface area contributed by atoms with Gasteiger partial charge >= 0.3 is 0 Å². The van der Waals surface area contributed by atoms with Crippen molar-refractivity contribution in [2.75, 3.05) is 0 Å². The van der Waals surface area contributed by atoms with Crippen LogP contribution in [0.25, 0.3) is 0 Å². The first kappa shape index (κ1) is 11.4. The molecule has 2 aliphatic rings.